The van der Waals surface area contributed by atoms with Crippen LogP contribution in [0.15, 0.2) is 4.99 Å². The Balaban J connectivity index is 0.00000169. The summed E-state index contributed by atoms with van der Waals surface area (Å²) >= 11 is 0. The largest absolute Gasteiger partial charge is 0.357 e. The molecule has 2 aliphatic carbocycles. The van der Waals surface area contributed by atoms with Gasteiger partial charge in [0.2, 0.25) is 0 Å². The summed E-state index contributed by atoms with van der Waals surface area (Å²) in [5.74, 6) is 3.86. The van der Waals surface area contributed by atoms with E-state index in [1.807, 2.05) is 0 Å². The lowest BCUT2D eigenvalue weighted by molar-refractivity contribution is 0.299. The number of rotatable bonds is 4. The van der Waals surface area contributed by atoms with Crippen LogP contribution < -0.4 is 5.32 Å². The van der Waals surface area contributed by atoms with Crippen molar-refractivity contribution in [2.75, 3.05) is 39.3 Å². The summed E-state index contributed by atoms with van der Waals surface area (Å²) in [6, 6.07) is 0.930. The maximum absolute atomic E-state index is 5.05. The van der Waals surface area contributed by atoms with E-state index in [-0.39, 0.29) is 24.0 Å². The molecule has 4 rings (SSSR count). The Morgan fingerprint density at radius 2 is 1.71 bits per heavy atom. The highest BCUT2D eigenvalue weighted by atomic mass is 127. The zero-order chi connectivity index (χ0) is 15.6. The molecule has 138 valence electrons. The van der Waals surface area contributed by atoms with Crippen LogP contribution in [0.4, 0.5) is 0 Å². The Bertz CT molecular complexity index is 423. The number of nitrogens with one attached hydrogen (secondary N) is 1. The number of likely N-dealkylation sites (tertiary alicyclic amines) is 2. The number of halogens is 1. The number of nitrogens with zero attached hydrogens (tertiary/aromatic N) is 3. The average Bonchev–Trinajstić information content (AvgIpc) is 3.16. The fourth-order valence-corrected chi connectivity index (χ4v) is 5.00. The zero-order valence-corrected chi connectivity index (χ0v) is 17.6. The molecule has 0 aromatic heterocycles. The molecule has 4 nitrogen and oxygen atoms in total. The van der Waals surface area contributed by atoms with E-state index in [0.717, 1.165) is 36.9 Å². The van der Waals surface area contributed by atoms with E-state index in [2.05, 4.69) is 22.0 Å². The van der Waals surface area contributed by atoms with Gasteiger partial charge in [-0.15, -0.1) is 24.0 Å². The SMILES string of the molecule is CCNC(=NCC1CCN(C2CC2)C1)N1CC2CCCCC2C1.I. The lowest BCUT2D eigenvalue weighted by Crippen LogP contribution is -2.40. The van der Waals surface area contributed by atoms with Gasteiger partial charge in [-0.3, -0.25) is 4.99 Å². The maximum atomic E-state index is 5.05. The molecule has 2 saturated carbocycles. The molecule has 5 heteroatoms. The van der Waals surface area contributed by atoms with E-state index < -0.39 is 0 Å². The average molecular weight is 446 g/mol. The van der Waals surface area contributed by atoms with Gasteiger partial charge in [0.15, 0.2) is 5.96 Å². The molecule has 4 fully saturated rings. The normalized spacial score (nSPS) is 34.1. The highest BCUT2D eigenvalue weighted by Crippen LogP contribution is 2.36. The van der Waals surface area contributed by atoms with Crippen LogP contribution in [0.3, 0.4) is 0 Å². The van der Waals surface area contributed by atoms with E-state index in [1.165, 1.54) is 77.1 Å². The van der Waals surface area contributed by atoms with Gasteiger partial charge >= 0.3 is 0 Å². The van der Waals surface area contributed by atoms with E-state index in [1.54, 1.807) is 0 Å². The van der Waals surface area contributed by atoms with Crippen LogP contribution in [0.2, 0.25) is 0 Å². The van der Waals surface area contributed by atoms with Crippen LogP contribution in [-0.4, -0.2) is 61.1 Å². The van der Waals surface area contributed by atoms with Gasteiger partial charge in [0.25, 0.3) is 0 Å². The molecule has 0 radical (unpaired) electrons. The molecular weight excluding hydrogens is 411 g/mol. The number of hydrogen-bond acceptors (Lipinski definition) is 2. The van der Waals surface area contributed by atoms with Crippen molar-refractivity contribution in [2.24, 2.45) is 22.7 Å². The third-order valence-corrected chi connectivity index (χ3v) is 6.49. The molecular formula is C19H35IN4. The second kappa shape index (κ2) is 8.56. The Morgan fingerprint density at radius 1 is 1.00 bits per heavy atom. The molecule has 24 heavy (non-hydrogen) atoms. The molecule has 1 N–H and O–H groups in total. The molecule has 3 unspecified atom stereocenters. The highest BCUT2D eigenvalue weighted by Gasteiger charge is 2.36. The summed E-state index contributed by atoms with van der Waals surface area (Å²) in [7, 11) is 0. The Labute approximate surface area is 164 Å². The van der Waals surface area contributed by atoms with Crippen LogP contribution in [0.25, 0.3) is 0 Å². The summed E-state index contributed by atoms with van der Waals surface area (Å²) in [4.78, 5) is 10.3. The van der Waals surface area contributed by atoms with Gasteiger partial charge in [0, 0.05) is 38.8 Å². The highest BCUT2D eigenvalue weighted by molar-refractivity contribution is 14.0. The third-order valence-electron chi connectivity index (χ3n) is 6.49. The summed E-state index contributed by atoms with van der Waals surface area (Å²) in [6.07, 6.45) is 10.0. The molecule has 2 aliphatic heterocycles. The summed E-state index contributed by atoms with van der Waals surface area (Å²) in [6.45, 7) is 9.31. The number of hydrogen-bond donors (Lipinski definition) is 1. The molecule has 3 atom stereocenters. The molecule has 0 amide bonds. The van der Waals surface area contributed by atoms with Crippen molar-refractivity contribution in [1.82, 2.24) is 15.1 Å². The third kappa shape index (κ3) is 4.37. The standard InChI is InChI=1S/C19H34N4.HI/c1-2-20-19(23-13-16-5-3-4-6-17(16)14-23)21-11-15-9-10-22(12-15)18-7-8-18;/h15-18H,2-14H2,1H3,(H,20,21);1H. The maximum Gasteiger partial charge on any atom is 0.193 e. The summed E-state index contributed by atoms with van der Waals surface area (Å²) in [5, 5.41) is 3.57. The molecule has 0 aromatic rings. The smallest absolute Gasteiger partial charge is 0.193 e. The second-order valence-electron chi connectivity index (χ2n) is 8.29. The lowest BCUT2D eigenvalue weighted by Gasteiger charge is -2.22. The monoisotopic (exact) mass is 446 g/mol. The molecule has 4 aliphatic rings. The van der Waals surface area contributed by atoms with Gasteiger partial charge in [-0.2, -0.15) is 0 Å². The van der Waals surface area contributed by atoms with Crippen molar-refractivity contribution in [2.45, 2.75) is 57.9 Å². The molecule has 2 heterocycles. The molecule has 0 spiro atoms. The quantitative estimate of drug-likeness (QED) is 0.409. The van der Waals surface area contributed by atoms with Gasteiger partial charge in [-0.05, 0) is 63.3 Å². The Kier molecular flexibility index (Phi) is 6.69. The first-order valence-electron chi connectivity index (χ1n) is 10.1. The van der Waals surface area contributed by atoms with Crippen molar-refractivity contribution in [3.63, 3.8) is 0 Å². The van der Waals surface area contributed by atoms with Crippen molar-refractivity contribution in [3.8, 4) is 0 Å². The second-order valence-corrected chi connectivity index (χ2v) is 8.29. The first-order valence-corrected chi connectivity index (χ1v) is 10.1. The first kappa shape index (κ1) is 18.7. The number of fused-ring (bicyclic) bond motifs is 1. The van der Waals surface area contributed by atoms with Gasteiger partial charge in [-0.1, -0.05) is 12.8 Å². The zero-order valence-electron chi connectivity index (χ0n) is 15.3. The molecule has 0 bridgehead atoms. The minimum atomic E-state index is 0. The fourth-order valence-electron chi connectivity index (χ4n) is 5.00. The van der Waals surface area contributed by atoms with Crippen LogP contribution in [0.1, 0.15) is 51.9 Å². The number of aliphatic imine (C=N–C) groups is 1. The van der Waals surface area contributed by atoms with E-state index in [0.29, 0.717) is 0 Å². The fraction of sp³-hybridized carbons (Fsp3) is 0.947. The summed E-state index contributed by atoms with van der Waals surface area (Å²) < 4.78 is 0. The van der Waals surface area contributed by atoms with E-state index in [9.17, 15) is 0 Å². The Morgan fingerprint density at radius 3 is 2.33 bits per heavy atom. The topological polar surface area (TPSA) is 30.9 Å². The first-order chi connectivity index (χ1) is 11.3. The van der Waals surface area contributed by atoms with Crippen LogP contribution in [-0.2, 0) is 0 Å². The van der Waals surface area contributed by atoms with Gasteiger partial charge < -0.3 is 15.1 Å². The van der Waals surface area contributed by atoms with E-state index >= 15 is 0 Å². The minimum Gasteiger partial charge on any atom is -0.357 e. The van der Waals surface area contributed by atoms with Crippen molar-refractivity contribution >= 4 is 29.9 Å². The van der Waals surface area contributed by atoms with E-state index in [4.69, 9.17) is 4.99 Å². The molecule has 2 saturated heterocycles. The van der Waals surface area contributed by atoms with Crippen LogP contribution in [0, 0.1) is 17.8 Å². The van der Waals surface area contributed by atoms with Crippen molar-refractivity contribution < 1.29 is 0 Å². The molecule has 0 aromatic carbocycles. The van der Waals surface area contributed by atoms with Gasteiger partial charge in [-0.25, -0.2) is 0 Å². The lowest BCUT2D eigenvalue weighted by atomic mass is 9.82. The van der Waals surface area contributed by atoms with Crippen molar-refractivity contribution in [3.05, 3.63) is 0 Å². The Hall–Kier alpha value is -0.0400. The number of guanidine groups is 1. The van der Waals surface area contributed by atoms with Crippen molar-refractivity contribution in [1.29, 1.82) is 0 Å². The van der Waals surface area contributed by atoms with Gasteiger partial charge in [0.05, 0.1) is 0 Å². The summed E-state index contributed by atoms with van der Waals surface area (Å²) in [5.41, 5.74) is 0. The van der Waals surface area contributed by atoms with Crippen LogP contribution >= 0.6 is 24.0 Å². The van der Waals surface area contributed by atoms with Crippen LogP contribution in [0.5, 0.6) is 0 Å². The predicted octanol–water partition coefficient (Wildman–Crippen LogP) is 3.18. The minimum absolute atomic E-state index is 0. The predicted molar refractivity (Wildman–Crippen MR) is 111 cm³/mol. The van der Waals surface area contributed by atoms with Gasteiger partial charge in [0.1, 0.15) is 0 Å².